The molecule has 0 spiro atoms. The van der Waals surface area contributed by atoms with Crippen LogP contribution in [0.5, 0.6) is 0 Å². The minimum absolute atomic E-state index is 0.193. The van der Waals surface area contributed by atoms with E-state index < -0.39 is 0 Å². The van der Waals surface area contributed by atoms with Crippen molar-refractivity contribution in [3.05, 3.63) is 12.7 Å². The molecule has 0 fully saturated rings. The van der Waals surface area contributed by atoms with Gasteiger partial charge in [-0.3, -0.25) is 4.90 Å². The van der Waals surface area contributed by atoms with E-state index in [0.717, 1.165) is 25.9 Å². The summed E-state index contributed by atoms with van der Waals surface area (Å²) < 4.78 is 0. The molecule has 3 nitrogen and oxygen atoms in total. The van der Waals surface area contributed by atoms with Crippen molar-refractivity contribution in [2.45, 2.75) is 26.7 Å². The second-order valence-electron chi connectivity index (χ2n) is 4.16. The Bertz CT molecular complexity index is 159. The van der Waals surface area contributed by atoms with Gasteiger partial charge in [0.25, 0.3) is 0 Å². The molecule has 0 saturated carbocycles. The van der Waals surface area contributed by atoms with Gasteiger partial charge >= 0.3 is 0 Å². The molecule has 0 aromatic heterocycles. The molecule has 0 saturated heterocycles. The number of nitrogens with zero attached hydrogens (tertiary/aromatic N) is 1. The number of hydrogen-bond acceptors (Lipinski definition) is 3. The van der Waals surface area contributed by atoms with Crippen LogP contribution in [0.4, 0.5) is 0 Å². The summed E-state index contributed by atoms with van der Waals surface area (Å²) >= 11 is 0. The lowest BCUT2D eigenvalue weighted by molar-refractivity contribution is 0.130. The Morgan fingerprint density at radius 1 is 1.40 bits per heavy atom. The van der Waals surface area contributed by atoms with Crippen LogP contribution < -0.4 is 5.73 Å². The third kappa shape index (κ3) is 4.78. The summed E-state index contributed by atoms with van der Waals surface area (Å²) in [7, 11) is 0. The topological polar surface area (TPSA) is 49.5 Å². The molecule has 3 N–H and O–H groups in total. The maximum Gasteiger partial charge on any atom is 0.0558 e. The molecule has 0 atom stereocenters. The molecule has 0 bridgehead atoms. The van der Waals surface area contributed by atoms with Crippen LogP contribution in [-0.2, 0) is 0 Å². The third-order valence-electron chi connectivity index (χ3n) is 3.30. The third-order valence-corrected chi connectivity index (χ3v) is 3.30. The van der Waals surface area contributed by atoms with Gasteiger partial charge in [-0.2, -0.15) is 0 Å². The smallest absolute Gasteiger partial charge is 0.0558 e. The van der Waals surface area contributed by atoms with E-state index in [1.807, 2.05) is 6.08 Å². The Morgan fingerprint density at radius 3 is 2.33 bits per heavy atom. The predicted molar refractivity (Wildman–Crippen MR) is 65.8 cm³/mol. The van der Waals surface area contributed by atoms with Gasteiger partial charge in [-0.15, -0.1) is 6.58 Å². The van der Waals surface area contributed by atoms with E-state index in [9.17, 15) is 0 Å². The van der Waals surface area contributed by atoms with Crippen LogP contribution >= 0.6 is 0 Å². The molecule has 0 rings (SSSR count). The van der Waals surface area contributed by atoms with E-state index in [1.54, 1.807) is 0 Å². The maximum atomic E-state index is 8.97. The molecule has 0 unspecified atom stereocenters. The first-order valence-corrected chi connectivity index (χ1v) is 5.82. The van der Waals surface area contributed by atoms with Crippen molar-refractivity contribution in [3.8, 4) is 0 Å². The summed E-state index contributed by atoms with van der Waals surface area (Å²) in [6.45, 7) is 11.5. The van der Waals surface area contributed by atoms with E-state index in [1.165, 1.54) is 0 Å². The zero-order valence-corrected chi connectivity index (χ0v) is 10.2. The number of aliphatic hydroxyl groups is 1. The van der Waals surface area contributed by atoms with E-state index in [-0.39, 0.29) is 12.0 Å². The standard InChI is InChI=1S/C12H26N2O/c1-4-7-14(8-9-15)11-12(5-2,6-3)10-13/h4,15H,1,5-11,13H2,2-3H3. The maximum absolute atomic E-state index is 8.97. The van der Waals surface area contributed by atoms with Crippen molar-refractivity contribution in [3.63, 3.8) is 0 Å². The van der Waals surface area contributed by atoms with Crippen molar-refractivity contribution in [1.82, 2.24) is 4.90 Å². The number of nitrogens with two attached hydrogens (primary N) is 1. The summed E-state index contributed by atoms with van der Waals surface area (Å²) in [6, 6.07) is 0. The second-order valence-corrected chi connectivity index (χ2v) is 4.16. The Labute approximate surface area is 94.0 Å². The first-order valence-electron chi connectivity index (χ1n) is 5.82. The molecule has 0 radical (unpaired) electrons. The molecule has 0 aromatic rings. The molecule has 90 valence electrons. The van der Waals surface area contributed by atoms with Gasteiger partial charge in [0.2, 0.25) is 0 Å². The highest BCUT2D eigenvalue weighted by atomic mass is 16.3. The molecule has 0 aliphatic carbocycles. The Hall–Kier alpha value is -0.380. The quantitative estimate of drug-likeness (QED) is 0.568. The summed E-state index contributed by atoms with van der Waals surface area (Å²) in [5, 5.41) is 8.97. The second kappa shape index (κ2) is 7.85. The molecule has 15 heavy (non-hydrogen) atoms. The monoisotopic (exact) mass is 214 g/mol. The van der Waals surface area contributed by atoms with E-state index in [0.29, 0.717) is 13.1 Å². The summed E-state index contributed by atoms with van der Waals surface area (Å²) in [4.78, 5) is 2.22. The van der Waals surface area contributed by atoms with Gasteiger partial charge in [-0.1, -0.05) is 19.9 Å². The van der Waals surface area contributed by atoms with Crippen LogP contribution in [0, 0.1) is 5.41 Å². The Balaban J connectivity index is 4.37. The molecular weight excluding hydrogens is 188 g/mol. The minimum Gasteiger partial charge on any atom is -0.395 e. The van der Waals surface area contributed by atoms with Crippen molar-refractivity contribution in [1.29, 1.82) is 0 Å². The average Bonchev–Trinajstić information content (AvgIpc) is 2.27. The van der Waals surface area contributed by atoms with Crippen LogP contribution in [-0.4, -0.2) is 42.8 Å². The highest BCUT2D eigenvalue weighted by Gasteiger charge is 2.26. The molecule has 0 aromatic carbocycles. The highest BCUT2D eigenvalue weighted by Crippen LogP contribution is 2.25. The van der Waals surface area contributed by atoms with Crippen molar-refractivity contribution in [2.24, 2.45) is 11.1 Å². The van der Waals surface area contributed by atoms with Crippen molar-refractivity contribution >= 4 is 0 Å². The van der Waals surface area contributed by atoms with Gasteiger partial charge in [-0.25, -0.2) is 0 Å². The normalized spacial score (nSPS) is 12.1. The lowest BCUT2D eigenvalue weighted by Gasteiger charge is -2.35. The predicted octanol–water partition coefficient (Wildman–Crippen LogP) is 1.23. The van der Waals surface area contributed by atoms with Gasteiger partial charge in [0, 0.05) is 19.6 Å². The van der Waals surface area contributed by atoms with Crippen LogP contribution in [0.25, 0.3) is 0 Å². The van der Waals surface area contributed by atoms with E-state index >= 15 is 0 Å². The molecule has 3 heteroatoms. The summed E-state index contributed by atoms with van der Waals surface area (Å²) in [5.74, 6) is 0. The van der Waals surface area contributed by atoms with Crippen LogP contribution in [0.1, 0.15) is 26.7 Å². The average molecular weight is 214 g/mol. The van der Waals surface area contributed by atoms with Gasteiger partial charge < -0.3 is 10.8 Å². The van der Waals surface area contributed by atoms with Crippen molar-refractivity contribution < 1.29 is 5.11 Å². The fourth-order valence-electron chi connectivity index (χ4n) is 1.86. The molecule has 0 heterocycles. The Kier molecular flexibility index (Phi) is 7.65. The summed E-state index contributed by atoms with van der Waals surface area (Å²) in [6.07, 6.45) is 4.04. The zero-order valence-electron chi connectivity index (χ0n) is 10.2. The van der Waals surface area contributed by atoms with Gasteiger partial charge in [0.1, 0.15) is 0 Å². The first-order chi connectivity index (χ1) is 7.17. The van der Waals surface area contributed by atoms with Gasteiger partial charge in [-0.05, 0) is 24.8 Å². The molecule has 0 aliphatic rings. The molecular formula is C12H26N2O. The highest BCUT2D eigenvalue weighted by molar-refractivity contribution is 4.84. The number of rotatable bonds is 9. The van der Waals surface area contributed by atoms with Gasteiger partial charge in [0.05, 0.1) is 6.61 Å². The molecule has 0 aliphatic heterocycles. The number of aliphatic hydroxyl groups excluding tert-OH is 1. The first kappa shape index (κ1) is 14.6. The lowest BCUT2D eigenvalue weighted by Crippen LogP contribution is -2.43. The van der Waals surface area contributed by atoms with E-state index in [4.69, 9.17) is 10.8 Å². The fourth-order valence-corrected chi connectivity index (χ4v) is 1.86. The van der Waals surface area contributed by atoms with E-state index in [2.05, 4.69) is 25.3 Å². The Morgan fingerprint density at radius 2 is 2.00 bits per heavy atom. The van der Waals surface area contributed by atoms with Crippen LogP contribution in [0.15, 0.2) is 12.7 Å². The van der Waals surface area contributed by atoms with Gasteiger partial charge in [0.15, 0.2) is 0 Å². The minimum atomic E-state index is 0.193. The largest absolute Gasteiger partial charge is 0.395 e. The zero-order chi connectivity index (χ0) is 11.7. The lowest BCUT2D eigenvalue weighted by atomic mass is 9.82. The van der Waals surface area contributed by atoms with Crippen molar-refractivity contribution in [2.75, 3.05) is 32.8 Å². The summed E-state index contributed by atoms with van der Waals surface area (Å²) in [5.41, 5.74) is 6.05. The number of hydrogen-bond donors (Lipinski definition) is 2. The molecule has 0 amide bonds. The van der Waals surface area contributed by atoms with Crippen LogP contribution in [0.3, 0.4) is 0 Å². The SMILES string of the molecule is C=CCN(CCO)CC(CC)(CC)CN. The fraction of sp³-hybridized carbons (Fsp3) is 0.833. The van der Waals surface area contributed by atoms with Crippen LogP contribution in [0.2, 0.25) is 0 Å².